The van der Waals surface area contributed by atoms with E-state index in [4.69, 9.17) is 4.74 Å². The molecule has 1 heterocycles. The molecule has 4 heteroatoms. The van der Waals surface area contributed by atoms with Crippen LogP contribution in [0.1, 0.15) is 18.4 Å². The molecular weight excluding hydrogens is 258 g/mol. The fourth-order valence-electron chi connectivity index (χ4n) is 2.26. The molecule has 0 aromatic heterocycles. The zero-order chi connectivity index (χ0) is 13.5. The molecule has 2 unspecified atom stereocenters. The quantitative estimate of drug-likeness (QED) is 0.782. The second-order valence-corrected chi connectivity index (χ2v) is 5.64. The second kappa shape index (κ2) is 7.56. The number of carbonyl (C=O) groups excluding carboxylic acids is 1. The molecule has 104 valence electrons. The van der Waals surface area contributed by atoms with Crippen molar-refractivity contribution in [3.8, 4) is 0 Å². The van der Waals surface area contributed by atoms with E-state index in [9.17, 15) is 4.79 Å². The largest absolute Gasteiger partial charge is 0.381 e. The lowest BCUT2D eigenvalue weighted by Crippen LogP contribution is -2.34. The van der Waals surface area contributed by atoms with Crippen LogP contribution in [-0.2, 0) is 16.0 Å². The molecule has 1 fully saturated rings. The van der Waals surface area contributed by atoms with Crippen molar-refractivity contribution in [1.82, 2.24) is 5.32 Å². The van der Waals surface area contributed by atoms with Gasteiger partial charge >= 0.3 is 0 Å². The lowest BCUT2D eigenvalue weighted by Gasteiger charge is -2.13. The van der Waals surface area contributed by atoms with Gasteiger partial charge in [-0.15, -0.1) is 0 Å². The Hall–Kier alpha value is -1.00. The number of ether oxygens (including phenoxy) is 1. The van der Waals surface area contributed by atoms with Gasteiger partial charge in [-0.25, -0.2) is 0 Å². The summed E-state index contributed by atoms with van der Waals surface area (Å²) in [7, 11) is 0. The first kappa shape index (κ1) is 14.4. The average molecular weight is 279 g/mol. The Morgan fingerprint density at radius 1 is 1.42 bits per heavy atom. The van der Waals surface area contributed by atoms with Gasteiger partial charge in [-0.2, -0.15) is 12.6 Å². The third kappa shape index (κ3) is 4.88. The molecular formula is C15H21NO2S. The van der Waals surface area contributed by atoms with Gasteiger partial charge in [-0.1, -0.05) is 30.3 Å². The highest BCUT2D eigenvalue weighted by atomic mass is 32.1. The first-order valence-electron chi connectivity index (χ1n) is 6.83. The normalized spacial score (nSPS) is 20.2. The van der Waals surface area contributed by atoms with Crippen molar-refractivity contribution in [3.63, 3.8) is 0 Å². The van der Waals surface area contributed by atoms with Crippen molar-refractivity contribution in [1.29, 1.82) is 0 Å². The van der Waals surface area contributed by atoms with Crippen LogP contribution in [-0.4, -0.2) is 30.9 Å². The Morgan fingerprint density at radius 3 is 2.89 bits per heavy atom. The molecule has 0 saturated carbocycles. The molecule has 2 atom stereocenters. The summed E-state index contributed by atoms with van der Waals surface area (Å²) >= 11 is 4.38. The Kier molecular flexibility index (Phi) is 5.73. The molecule has 0 bridgehead atoms. The maximum absolute atomic E-state index is 11.9. The molecule has 1 amide bonds. The monoisotopic (exact) mass is 279 g/mol. The Labute approximate surface area is 120 Å². The number of thiol groups is 1. The van der Waals surface area contributed by atoms with Gasteiger partial charge in [0.1, 0.15) is 0 Å². The first-order valence-corrected chi connectivity index (χ1v) is 7.35. The van der Waals surface area contributed by atoms with Gasteiger partial charge in [0.25, 0.3) is 0 Å². The van der Waals surface area contributed by atoms with Gasteiger partial charge in [-0.3, -0.25) is 4.79 Å². The van der Waals surface area contributed by atoms with Crippen molar-refractivity contribution < 1.29 is 9.53 Å². The summed E-state index contributed by atoms with van der Waals surface area (Å²) in [6.45, 7) is 2.42. The summed E-state index contributed by atoms with van der Waals surface area (Å²) < 4.78 is 5.31. The van der Waals surface area contributed by atoms with Crippen LogP contribution < -0.4 is 5.32 Å². The molecule has 1 aromatic carbocycles. The van der Waals surface area contributed by atoms with Crippen LogP contribution in [0.4, 0.5) is 0 Å². The van der Waals surface area contributed by atoms with E-state index in [-0.39, 0.29) is 11.2 Å². The number of benzene rings is 1. The molecule has 0 aliphatic carbocycles. The van der Waals surface area contributed by atoms with E-state index in [1.54, 1.807) is 0 Å². The molecule has 2 rings (SSSR count). The van der Waals surface area contributed by atoms with E-state index in [0.717, 1.165) is 38.2 Å². The summed E-state index contributed by atoms with van der Waals surface area (Å²) in [5, 5.41) is 2.68. The molecule has 1 N–H and O–H groups in total. The molecule has 1 aliphatic heterocycles. The van der Waals surface area contributed by atoms with Crippen molar-refractivity contribution >= 4 is 18.5 Å². The highest BCUT2D eigenvalue weighted by molar-refractivity contribution is 7.81. The van der Waals surface area contributed by atoms with Gasteiger partial charge in [0.15, 0.2) is 0 Å². The highest BCUT2D eigenvalue weighted by Crippen LogP contribution is 2.15. The predicted molar refractivity (Wildman–Crippen MR) is 79.5 cm³/mol. The standard InChI is InChI=1S/C15H21NO2S/c17-15(16-8-6-13-7-9-18-11-13)14(19)10-12-4-2-1-3-5-12/h1-5,13-14,19H,6-11H2,(H,16,17). The molecule has 0 spiro atoms. The van der Waals surface area contributed by atoms with E-state index in [0.29, 0.717) is 12.3 Å². The van der Waals surface area contributed by atoms with Gasteiger partial charge in [-0.05, 0) is 30.7 Å². The summed E-state index contributed by atoms with van der Waals surface area (Å²) in [5.74, 6) is 0.624. The Morgan fingerprint density at radius 2 is 2.21 bits per heavy atom. The van der Waals surface area contributed by atoms with Crippen LogP contribution in [0.2, 0.25) is 0 Å². The summed E-state index contributed by atoms with van der Waals surface area (Å²) in [5.41, 5.74) is 1.14. The van der Waals surface area contributed by atoms with Crippen LogP contribution in [0.25, 0.3) is 0 Å². The third-order valence-electron chi connectivity index (χ3n) is 3.45. The van der Waals surface area contributed by atoms with Gasteiger partial charge in [0.05, 0.1) is 5.25 Å². The SMILES string of the molecule is O=C(NCCC1CCOC1)C(S)Cc1ccccc1. The van der Waals surface area contributed by atoms with Gasteiger partial charge in [0.2, 0.25) is 5.91 Å². The number of hydrogen-bond donors (Lipinski definition) is 2. The fourth-order valence-corrected chi connectivity index (χ4v) is 2.56. The average Bonchev–Trinajstić information content (AvgIpc) is 2.93. The minimum Gasteiger partial charge on any atom is -0.381 e. The zero-order valence-electron chi connectivity index (χ0n) is 11.0. The van der Waals surface area contributed by atoms with Gasteiger partial charge in [0, 0.05) is 19.8 Å². The Bertz CT molecular complexity index is 390. The predicted octanol–water partition coefficient (Wildman–Crippen LogP) is 2.07. The zero-order valence-corrected chi connectivity index (χ0v) is 11.9. The lowest BCUT2D eigenvalue weighted by molar-refractivity contribution is -0.120. The van der Waals surface area contributed by atoms with Crippen LogP contribution in [0.3, 0.4) is 0 Å². The topological polar surface area (TPSA) is 38.3 Å². The van der Waals surface area contributed by atoms with Crippen LogP contribution in [0, 0.1) is 5.92 Å². The highest BCUT2D eigenvalue weighted by Gasteiger charge is 2.17. The van der Waals surface area contributed by atoms with Crippen molar-refractivity contribution in [2.75, 3.05) is 19.8 Å². The van der Waals surface area contributed by atoms with E-state index in [1.165, 1.54) is 0 Å². The van der Waals surface area contributed by atoms with E-state index >= 15 is 0 Å². The minimum absolute atomic E-state index is 0.0195. The summed E-state index contributed by atoms with van der Waals surface area (Å²) in [4.78, 5) is 11.9. The maximum Gasteiger partial charge on any atom is 0.233 e. The summed E-state index contributed by atoms with van der Waals surface area (Å²) in [6.07, 6.45) is 2.78. The second-order valence-electron chi connectivity index (χ2n) is 5.01. The first-order chi connectivity index (χ1) is 9.25. The molecule has 1 saturated heterocycles. The Balaban J connectivity index is 1.67. The molecule has 1 aromatic rings. The third-order valence-corrected chi connectivity index (χ3v) is 3.87. The van der Waals surface area contributed by atoms with Crippen molar-refractivity contribution in [2.24, 2.45) is 5.92 Å². The van der Waals surface area contributed by atoms with Crippen LogP contribution in [0.15, 0.2) is 30.3 Å². The molecule has 3 nitrogen and oxygen atoms in total. The number of hydrogen-bond acceptors (Lipinski definition) is 3. The molecule has 1 aliphatic rings. The number of carbonyl (C=O) groups is 1. The maximum atomic E-state index is 11.9. The van der Waals surface area contributed by atoms with Gasteiger partial charge < -0.3 is 10.1 Å². The van der Waals surface area contributed by atoms with E-state index in [1.807, 2.05) is 30.3 Å². The van der Waals surface area contributed by atoms with E-state index < -0.39 is 0 Å². The van der Waals surface area contributed by atoms with Crippen LogP contribution >= 0.6 is 12.6 Å². The number of amides is 1. The molecule has 19 heavy (non-hydrogen) atoms. The summed E-state index contributed by atoms with van der Waals surface area (Å²) in [6, 6.07) is 9.97. The van der Waals surface area contributed by atoms with Crippen LogP contribution in [0.5, 0.6) is 0 Å². The fraction of sp³-hybridized carbons (Fsp3) is 0.533. The number of rotatable bonds is 6. The van der Waals surface area contributed by atoms with Crippen molar-refractivity contribution in [2.45, 2.75) is 24.5 Å². The van der Waals surface area contributed by atoms with E-state index in [2.05, 4.69) is 17.9 Å². The van der Waals surface area contributed by atoms with Crippen molar-refractivity contribution in [3.05, 3.63) is 35.9 Å². The lowest BCUT2D eigenvalue weighted by atomic mass is 10.1. The molecule has 0 radical (unpaired) electrons. The number of nitrogens with one attached hydrogen (secondary N) is 1. The smallest absolute Gasteiger partial charge is 0.233 e. The minimum atomic E-state index is -0.276.